The average Bonchev–Trinajstić information content (AvgIpc) is 2.71. The minimum Gasteiger partial charge on any atom is -0.465 e. The molecule has 80 valence electrons. The highest BCUT2D eigenvalue weighted by Crippen LogP contribution is 2.49. The maximum absolute atomic E-state index is 12.9. The molecule has 14 heavy (non-hydrogen) atoms. The maximum Gasteiger partial charge on any atom is 0.302 e. The van der Waals surface area contributed by atoms with E-state index < -0.39 is 23.5 Å². The van der Waals surface area contributed by atoms with Gasteiger partial charge in [-0.1, -0.05) is 0 Å². The molecule has 1 saturated carbocycles. The lowest BCUT2D eigenvalue weighted by Gasteiger charge is -2.14. The lowest BCUT2D eigenvalue weighted by Crippen LogP contribution is -2.23. The Morgan fingerprint density at radius 3 is 1.86 bits per heavy atom. The van der Waals surface area contributed by atoms with Crippen LogP contribution in [0.5, 0.6) is 0 Å². The van der Waals surface area contributed by atoms with E-state index in [0.29, 0.717) is 0 Å². The summed E-state index contributed by atoms with van der Waals surface area (Å²) in [5.41, 5.74) is -0.780. The molecular formula is C9H13FO4. The minimum atomic E-state index is -1.04. The zero-order valence-electron chi connectivity index (χ0n) is 8.21. The Kier molecular flexibility index (Phi) is 3.08. The molecule has 0 heterocycles. The summed E-state index contributed by atoms with van der Waals surface area (Å²) in [6.07, 6.45) is -0.755. The van der Waals surface area contributed by atoms with Crippen LogP contribution in [0.2, 0.25) is 0 Å². The van der Waals surface area contributed by atoms with Crippen molar-refractivity contribution in [1.82, 2.24) is 0 Å². The summed E-state index contributed by atoms with van der Waals surface area (Å²) in [6.45, 7) is 2.48. The summed E-state index contributed by atoms with van der Waals surface area (Å²) in [6, 6.07) is 0. The molecule has 0 aromatic carbocycles. The largest absolute Gasteiger partial charge is 0.465 e. The fourth-order valence-corrected chi connectivity index (χ4v) is 1.13. The first-order valence-electron chi connectivity index (χ1n) is 4.37. The van der Waals surface area contributed by atoms with Gasteiger partial charge in [0.2, 0.25) is 0 Å². The minimum absolute atomic E-state index is 0.0171. The predicted octanol–water partition coefficient (Wildman–Crippen LogP) is 0.841. The topological polar surface area (TPSA) is 52.6 Å². The summed E-state index contributed by atoms with van der Waals surface area (Å²) in [5, 5.41) is 0. The van der Waals surface area contributed by atoms with E-state index in [1.165, 1.54) is 13.8 Å². The van der Waals surface area contributed by atoms with Gasteiger partial charge >= 0.3 is 11.9 Å². The zero-order chi connectivity index (χ0) is 10.8. The number of carbonyl (C=O) groups excluding carboxylic acids is 2. The van der Waals surface area contributed by atoms with E-state index in [2.05, 4.69) is 0 Å². The number of alkyl halides is 1. The van der Waals surface area contributed by atoms with Crippen LogP contribution < -0.4 is 0 Å². The Labute approximate surface area is 81.4 Å². The summed E-state index contributed by atoms with van der Waals surface area (Å²) in [4.78, 5) is 21.0. The van der Waals surface area contributed by atoms with Crippen molar-refractivity contribution in [3.63, 3.8) is 0 Å². The van der Waals surface area contributed by atoms with E-state index >= 15 is 0 Å². The Morgan fingerprint density at radius 1 is 1.29 bits per heavy atom. The van der Waals surface area contributed by atoms with Gasteiger partial charge in [0.15, 0.2) is 0 Å². The van der Waals surface area contributed by atoms with Crippen LogP contribution in [0.15, 0.2) is 0 Å². The number of ether oxygens (including phenoxy) is 2. The van der Waals surface area contributed by atoms with Gasteiger partial charge in [-0.25, -0.2) is 4.39 Å². The molecule has 1 aliphatic rings. The first-order chi connectivity index (χ1) is 6.46. The van der Waals surface area contributed by atoms with Gasteiger partial charge in [0, 0.05) is 13.8 Å². The third-order valence-electron chi connectivity index (χ3n) is 2.22. The van der Waals surface area contributed by atoms with Gasteiger partial charge in [-0.2, -0.15) is 0 Å². The van der Waals surface area contributed by atoms with Gasteiger partial charge in [0.05, 0.1) is 5.41 Å². The summed E-state index contributed by atoms with van der Waals surface area (Å²) < 4.78 is 22.4. The smallest absolute Gasteiger partial charge is 0.302 e. The average molecular weight is 204 g/mol. The van der Waals surface area contributed by atoms with Gasteiger partial charge in [-0.3, -0.25) is 9.59 Å². The van der Waals surface area contributed by atoms with E-state index in [4.69, 9.17) is 9.47 Å². The first-order valence-corrected chi connectivity index (χ1v) is 4.37. The van der Waals surface area contributed by atoms with E-state index in [9.17, 15) is 14.0 Å². The Hall–Kier alpha value is -1.13. The maximum atomic E-state index is 12.9. The highest BCUT2D eigenvalue weighted by Gasteiger charge is 2.57. The Balaban J connectivity index is 2.35. The van der Waals surface area contributed by atoms with Gasteiger partial charge in [0.1, 0.15) is 19.4 Å². The van der Waals surface area contributed by atoms with Crippen molar-refractivity contribution in [2.45, 2.75) is 26.4 Å². The molecule has 0 radical (unpaired) electrons. The number of hydrogen-bond acceptors (Lipinski definition) is 4. The van der Waals surface area contributed by atoms with Crippen LogP contribution in [-0.4, -0.2) is 31.3 Å². The van der Waals surface area contributed by atoms with Crippen LogP contribution in [-0.2, 0) is 19.1 Å². The molecule has 0 bridgehead atoms. The first kappa shape index (κ1) is 10.9. The fraction of sp³-hybridized carbons (Fsp3) is 0.778. The van der Waals surface area contributed by atoms with Crippen molar-refractivity contribution >= 4 is 11.9 Å². The highest BCUT2D eigenvalue weighted by atomic mass is 19.1. The molecule has 0 aliphatic heterocycles. The number of halogens is 1. The lowest BCUT2D eigenvalue weighted by atomic mass is 10.1. The molecule has 0 unspecified atom stereocenters. The molecule has 1 atom stereocenters. The van der Waals surface area contributed by atoms with E-state index in [1.807, 2.05) is 0 Å². The van der Waals surface area contributed by atoms with Crippen LogP contribution >= 0.6 is 0 Å². The Morgan fingerprint density at radius 2 is 1.64 bits per heavy atom. The van der Waals surface area contributed by atoms with Crippen LogP contribution in [0.3, 0.4) is 0 Å². The molecule has 0 amide bonds. The van der Waals surface area contributed by atoms with Crippen molar-refractivity contribution in [3.05, 3.63) is 0 Å². The Bertz CT molecular complexity index is 233. The van der Waals surface area contributed by atoms with Gasteiger partial charge in [-0.15, -0.1) is 0 Å². The van der Waals surface area contributed by atoms with Crippen molar-refractivity contribution in [1.29, 1.82) is 0 Å². The molecule has 0 aromatic heterocycles. The van der Waals surface area contributed by atoms with E-state index in [1.54, 1.807) is 0 Å². The molecule has 0 N–H and O–H groups in total. The van der Waals surface area contributed by atoms with Crippen molar-refractivity contribution in [3.8, 4) is 0 Å². The number of rotatable bonds is 4. The number of esters is 2. The molecule has 5 heteroatoms. The normalized spacial score (nSPS) is 22.6. The SMILES string of the molecule is CC(=O)OCC1(COC(C)=O)C[C@@H]1F. The van der Waals surface area contributed by atoms with Crippen LogP contribution in [0.1, 0.15) is 20.3 Å². The van der Waals surface area contributed by atoms with Gasteiger partial charge in [-0.05, 0) is 6.42 Å². The van der Waals surface area contributed by atoms with Crippen LogP contribution in [0.4, 0.5) is 4.39 Å². The van der Waals surface area contributed by atoms with E-state index in [-0.39, 0.29) is 19.6 Å². The third kappa shape index (κ3) is 2.68. The third-order valence-corrected chi connectivity index (χ3v) is 2.22. The summed E-state index contributed by atoms with van der Waals surface area (Å²) in [7, 11) is 0. The summed E-state index contributed by atoms with van der Waals surface area (Å²) in [5.74, 6) is -0.905. The number of carbonyl (C=O) groups is 2. The molecule has 0 saturated heterocycles. The standard InChI is InChI=1S/C9H13FO4/c1-6(11)13-4-9(3-8(9)10)5-14-7(2)12/h8H,3-5H2,1-2H3/t8-/m0/s1. The molecule has 0 aromatic rings. The monoisotopic (exact) mass is 204 g/mol. The molecule has 4 nitrogen and oxygen atoms in total. The molecule has 0 spiro atoms. The van der Waals surface area contributed by atoms with Crippen molar-refractivity contribution < 1.29 is 23.5 Å². The van der Waals surface area contributed by atoms with Gasteiger partial charge < -0.3 is 9.47 Å². The van der Waals surface area contributed by atoms with Gasteiger partial charge in [0.25, 0.3) is 0 Å². The second kappa shape index (κ2) is 3.94. The van der Waals surface area contributed by atoms with Crippen molar-refractivity contribution in [2.75, 3.05) is 13.2 Å². The quantitative estimate of drug-likeness (QED) is 0.637. The van der Waals surface area contributed by atoms with Crippen LogP contribution in [0, 0.1) is 5.41 Å². The highest BCUT2D eigenvalue weighted by molar-refractivity contribution is 5.66. The lowest BCUT2D eigenvalue weighted by molar-refractivity contribution is -0.147. The predicted molar refractivity (Wildman–Crippen MR) is 45.2 cm³/mol. The molecule has 1 aliphatic carbocycles. The number of hydrogen-bond donors (Lipinski definition) is 0. The van der Waals surface area contributed by atoms with Crippen LogP contribution in [0.25, 0.3) is 0 Å². The zero-order valence-corrected chi connectivity index (χ0v) is 8.21. The van der Waals surface area contributed by atoms with Crippen molar-refractivity contribution in [2.24, 2.45) is 5.41 Å². The summed E-state index contributed by atoms with van der Waals surface area (Å²) >= 11 is 0. The molecule has 1 rings (SSSR count). The fourth-order valence-electron chi connectivity index (χ4n) is 1.13. The second-order valence-electron chi connectivity index (χ2n) is 3.59. The van der Waals surface area contributed by atoms with E-state index in [0.717, 1.165) is 0 Å². The molecule has 1 fully saturated rings. The second-order valence-corrected chi connectivity index (χ2v) is 3.59. The molecular weight excluding hydrogens is 191 g/mol.